The highest BCUT2D eigenvalue weighted by molar-refractivity contribution is 7.91. The Bertz CT molecular complexity index is 591. The average Bonchev–Trinajstić information content (AvgIpc) is 2.69. The molecule has 1 aromatic carbocycles. The molecule has 2 atom stereocenters. The van der Waals surface area contributed by atoms with E-state index in [1.165, 1.54) is 0 Å². The molecule has 0 aliphatic carbocycles. The van der Waals surface area contributed by atoms with Gasteiger partial charge in [-0.1, -0.05) is 35.3 Å². The maximum Gasteiger partial charge on any atom is 0.151 e. The van der Waals surface area contributed by atoms with Crippen molar-refractivity contribution in [2.75, 3.05) is 18.1 Å². The molecule has 0 spiro atoms. The molecule has 2 rings (SSSR count). The second-order valence-electron chi connectivity index (χ2n) is 4.95. The molecule has 0 aromatic heterocycles. The minimum Gasteiger partial charge on any atom is -0.388 e. The van der Waals surface area contributed by atoms with Gasteiger partial charge in [-0.2, -0.15) is 0 Å². The van der Waals surface area contributed by atoms with Crippen LogP contribution in [0.15, 0.2) is 18.2 Å². The van der Waals surface area contributed by atoms with Gasteiger partial charge in [0.2, 0.25) is 0 Å². The smallest absolute Gasteiger partial charge is 0.151 e. The Morgan fingerprint density at radius 1 is 1.42 bits per heavy atom. The summed E-state index contributed by atoms with van der Waals surface area (Å²) in [6.07, 6.45) is -0.712. The molecule has 7 heteroatoms. The van der Waals surface area contributed by atoms with Crippen molar-refractivity contribution >= 4 is 33.0 Å². The first-order valence-electron chi connectivity index (χ1n) is 5.84. The molecule has 0 bridgehead atoms. The van der Waals surface area contributed by atoms with E-state index >= 15 is 0 Å². The van der Waals surface area contributed by atoms with Crippen LogP contribution in [0.3, 0.4) is 0 Å². The predicted molar refractivity (Wildman–Crippen MR) is 76.2 cm³/mol. The van der Waals surface area contributed by atoms with Crippen LogP contribution < -0.4 is 5.73 Å². The number of hydrogen-bond acceptors (Lipinski definition) is 4. The molecule has 4 nitrogen and oxygen atoms in total. The normalized spacial score (nSPS) is 27.4. The van der Waals surface area contributed by atoms with Gasteiger partial charge >= 0.3 is 0 Å². The third-order valence-electron chi connectivity index (χ3n) is 3.68. The van der Waals surface area contributed by atoms with Crippen LogP contribution in [0, 0.1) is 5.41 Å². The number of rotatable bonds is 3. The zero-order valence-corrected chi connectivity index (χ0v) is 12.5. The van der Waals surface area contributed by atoms with E-state index in [9.17, 15) is 13.5 Å². The standard InChI is InChI=1S/C12H15Cl2NO3S/c13-9-3-1-2-8(10(9)14)11(16)12(6-15)4-5-19(17,18)7-12/h1-3,11,16H,4-7,15H2. The minimum atomic E-state index is -3.16. The summed E-state index contributed by atoms with van der Waals surface area (Å²) in [4.78, 5) is 0. The topological polar surface area (TPSA) is 80.4 Å². The lowest BCUT2D eigenvalue weighted by Crippen LogP contribution is -2.38. The van der Waals surface area contributed by atoms with Crippen LogP contribution in [0.2, 0.25) is 10.0 Å². The zero-order chi connectivity index (χ0) is 14.3. The van der Waals surface area contributed by atoms with Crippen molar-refractivity contribution in [3.63, 3.8) is 0 Å². The molecule has 1 fully saturated rings. The van der Waals surface area contributed by atoms with E-state index in [4.69, 9.17) is 28.9 Å². The zero-order valence-electron chi connectivity index (χ0n) is 10.1. The van der Waals surface area contributed by atoms with Crippen molar-refractivity contribution in [2.45, 2.75) is 12.5 Å². The number of halogens is 2. The highest BCUT2D eigenvalue weighted by atomic mass is 35.5. The van der Waals surface area contributed by atoms with Gasteiger partial charge in [0, 0.05) is 17.5 Å². The van der Waals surface area contributed by atoms with Crippen LogP contribution in [-0.4, -0.2) is 31.6 Å². The Morgan fingerprint density at radius 3 is 2.63 bits per heavy atom. The first-order chi connectivity index (χ1) is 8.81. The molecular weight excluding hydrogens is 309 g/mol. The maximum absolute atomic E-state index is 11.7. The van der Waals surface area contributed by atoms with Crippen molar-refractivity contribution in [1.82, 2.24) is 0 Å². The molecule has 3 N–H and O–H groups in total. The Kier molecular flexibility index (Phi) is 4.14. The Hall–Kier alpha value is -0.330. The number of nitrogens with two attached hydrogens (primary N) is 1. The van der Waals surface area contributed by atoms with Crippen molar-refractivity contribution in [3.8, 4) is 0 Å². The molecule has 0 amide bonds. The fourth-order valence-electron chi connectivity index (χ4n) is 2.49. The predicted octanol–water partition coefficient (Wildman–Crippen LogP) is 1.79. The summed E-state index contributed by atoms with van der Waals surface area (Å²) in [5.41, 5.74) is 5.26. The summed E-state index contributed by atoms with van der Waals surface area (Å²) in [7, 11) is -3.16. The van der Waals surface area contributed by atoms with Crippen LogP contribution in [0.25, 0.3) is 0 Å². The average molecular weight is 324 g/mol. The third kappa shape index (κ3) is 2.76. The van der Waals surface area contributed by atoms with Gasteiger partial charge in [-0.15, -0.1) is 0 Å². The van der Waals surface area contributed by atoms with E-state index in [1.54, 1.807) is 18.2 Å². The molecule has 0 saturated carbocycles. The minimum absolute atomic E-state index is 0.0411. The number of benzene rings is 1. The lowest BCUT2D eigenvalue weighted by molar-refractivity contribution is 0.0473. The van der Waals surface area contributed by atoms with Crippen LogP contribution in [0.4, 0.5) is 0 Å². The van der Waals surface area contributed by atoms with Gasteiger partial charge in [0.1, 0.15) is 0 Å². The highest BCUT2D eigenvalue weighted by Crippen LogP contribution is 2.45. The molecule has 19 heavy (non-hydrogen) atoms. The van der Waals surface area contributed by atoms with Gasteiger partial charge in [0.05, 0.1) is 27.7 Å². The second-order valence-corrected chi connectivity index (χ2v) is 7.92. The van der Waals surface area contributed by atoms with Crippen molar-refractivity contribution in [2.24, 2.45) is 11.1 Å². The molecular formula is C12H15Cl2NO3S. The Morgan fingerprint density at radius 2 is 2.11 bits per heavy atom. The number of sulfone groups is 1. The van der Waals surface area contributed by atoms with Gasteiger partial charge in [0.15, 0.2) is 9.84 Å². The van der Waals surface area contributed by atoms with Crippen LogP contribution in [0.1, 0.15) is 18.1 Å². The largest absolute Gasteiger partial charge is 0.388 e. The SMILES string of the molecule is NCC1(C(O)c2cccc(Cl)c2Cl)CCS(=O)(=O)C1. The van der Waals surface area contributed by atoms with Crippen LogP contribution in [-0.2, 0) is 9.84 Å². The van der Waals surface area contributed by atoms with Crippen LogP contribution >= 0.6 is 23.2 Å². The first kappa shape index (κ1) is 15.1. The van der Waals surface area contributed by atoms with Crippen molar-refractivity contribution in [3.05, 3.63) is 33.8 Å². The summed E-state index contributed by atoms with van der Waals surface area (Å²) in [6.45, 7) is 0.0796. The lowest BCUT2D eigenvalue weighted by Gasteiger charge is -2.32. The van der Waals surface area contributed by atoms with E-state index in [2.05, 4.69) is 0 Å². The monoisotopic (exact) mass is 323 g/mol. The Labute approximate surface area is 122 Å². The van der Waals surface area contributed by atoms with E-state index in [0.717, 1.165) is 0 Å². The van der Waals surface area contributed by atoms with Crippen molar-refractivity contribution < 1.29 is 13.5 Å². The summed E-state index contributed by atoms with van der Waals surface area (Å²) < 4.78 is 23.3. The van der Waals surface area contributed by atoms with Crippen LogP contribution in [0.5, 0.6) is 0 Å². The quantitative estimate of drug-likeness (QED) is 0.888. The van der Waals surface area contributed by atoms with Gasteiger partial charge in [-0.05, 0) is 12.5 Å². The van der Waals surface area contributed by atoms with Gasteiger partial charge < -0.3 is 10.8 Å². The first-order valence-corrected chi connectivity index (χ1v) is 8.41. The summed E-state index contributed by atoms with van der Waals surface area (Å²) in [6, 6.07) is 4.92. The molecule has 1 aliphatic rings. The number of aliphatic hydroxyl groups excluding tert-OH is 1. The molecule has 1 heterocycles. The fourth-order valence-corrected chi connectivity index (χ4v) is 5.06. The maximum atomic E-state index is 11.7. The second kappa shape index (κ2) is 5.22. The summed E-state index contributed by atoms with van der Waals surface area (Å²) >= 11 is 12.0. The number of hydrogen-bond donors (Lipinski definition) is 2. The molecule has 0 radical (unpaired) electrons. The fraction of sp³-hybridized carbons (Fsp3) is 0.500. The van der Waals surface area contributed by atoms with Crippen molar-refractivity contribution in [1.29, 1.82) is 0 Å². The molecule has 1 aliphatic heterocycles. The van der Waals surface area contributed by atoms with E-state index in [-0.39, 0.29) is 23.1 Å². The molecule has 1 aromatic rings. The lowest BCUT2D eigenvalue weighted by atomic mass is 9.78. The van der Waals surface area contributed by atoms with Gasteiger partial charge in [-0.25, -0.2) is 8.42 Å². The third-order valence-corrected chi connectivity index (χ3v) is 6.36. The number of aliphatic hydroxyl groups is 1. The van der Waals surface area contributed by atoms with E-state index in [1.807, 2.05) is 0 Å². The van der Waals surface area contributed by atoms with E-state index in [0.29, 0.717) is 17.0 Å². The molecule has 2 unspecified atom stereocenters. The van der Waals surface area contributed by atoms with E-state index < -0.39 is 21.4 Å². The highest BCUT2D eigenvalue weighted by Gasteiger charge is 2.47. The van der Waals surface area contributed by atoms with Gasteiger partial charge in [-0.3, -0.25) is 0 Å². The summed E-state index contributed by atoms with van der Waals surface area (Å²) in [5, 5.41) is 11.1. The summed E-state index contributed by atoms with van der Waals surface area (Å²) in [5.74, 6) is -0.0834. The molecule has 106 valence electrons. The van der Waals surface area contributed by atoms with Gasteiger partial charge in [0.25, 0.3) is 0 Å². The molecule has 1 saturated heterocycles. The Balaban J connectivity index is 2.42.